The molecule has 0 unspecified atom stereocenters. The van der Waals surface area contributed by atoms with Crippen LogP contribution in [0, 0.1) is 0 Å². The Morgan fingerprint density at radius 3 is 2.35 bits per heavy atom. The molecule has 0 amide bonds. The van der Waals surface area contributed by atoms with E-state index >= 15 is 0 Å². The molecule has 0 aliphatic rings. The molecule has 3 rings (SSSR count). The summed E-state index contributed by atoms with van der Waals surface area (Å²) in [5.41, 5.74) is 3.20. The molecule has 0 saturated carbocycles. The molecule has 2 aromatic carbocycles. The highest BCUT2D eigenvalue weighted by molar-refractivity contribution is 6.30. The van der Waals surface area contributed by atoms with E-state index in [1.807, 2.05) is 12.1 Å². The first-order chi connectivity index (χ1) is 11.1. The van der Waals surface area contributed by atoms with Crippen LogP contribution in [0.5, 0.6) is 0 Å². The molecule has 118 valence electrons. The molecule has 1 N–H and O–H groups in total. The van der Waals surface area contributed by atoms with Crippen LogP contribution in [-0.4, -0.2) is 10.2 Å². The van der Waals surface area contributed by atoms with E-state index in [0.29, 0.717) is 29.3 Å². The Kier molecular flexibility index (Phi) is 4.63. The molecular weight excluding hydrogens is 310 g/mol. The zero-order valence-corrected chi connectivity index (χ0v) is 13.8. The van der Waals surface area contributed by atoms with E-state index in [-0.39, 0.29) is 0 Å². The van der Waals surface area contributed by atoms with Crippen LogP contribution < -0.4 is 5.32 Å². The summed E-state index contributed by atoms with van der Waals surface area (Å²) in [4.78, 5) is 0. The van der Waals surface area contributed by atoms with Crippen molar-refractivity contribution in [3.05, 3.63) is 65.0 Å². The summed E-state index contributed by atoms with van der Waals surface area (Å²) in [6, 6.07) is 15.7. The highest BCUT2D eigenvalue weighted by Crippen LogP contribution is 2.21. The van der Waals surface area contributed by atoms with Gasteiger partial charge in [-0.1, -0.05) is 37.6 Å². The van der Waals surface area contributed by atoms with Crippen molar-refractivity contribution in [3.63, 3.8) is 0 Å². The van der Waals surface area contributed by atoms with Crippen molar-refractivity contribution in [1.82, 2.24) is 10.2 Å². The summed E-state index contributed by atoms with van der Waals surface area (Å²) in [6.45, 7) is 4.85. The molecule has 0 atom stereocenters. The Bertz CT molecular complexity index is 764. The molecule has 1 heterocycles. The third kappa shape index (κ3) is 3.90. The number of benzene rings is 2. The number of hydrogen-bond acceptors (Lipinski definition) is 4. The lowest BCUT2D eigenvalue weighted by Crippen LogP contribution is -2.00. The Balaban J connectivity index is 1.64. The molecule has 0 fully saturated rings. The summed E-state index contributed by atoms with van der Waals surface area (Å²) < 4.78 is 5.67. The number of nitrogens with one attached hydrogen (secondary N) is 1. The molecule has 0 saturated heterocycles. The zero-order chi connectivity index (χ0) is 16.2. The standard InChI is InChI=1S/C18H18ClN3O/c1-12(2)13-5-9-16(10-6-13)20-11-17-21-22-18(23-17)14-3-7-15(19)8-4-14/h3-10,12,20H,11H2,1-2H3. The minimum absolute atomic E-state index is 0.488. The van der Waals surface area contributed by atoms with Crippen LogP contribution in [0.4, 0.5) is 5.69 Å². The SMILES string of the molecule is CC(C)c1ccc(NCc2nnc(-c3ccc(Cl)cc3)o2)cc1. The van der Waals surface area contributed by atoms with Crippen molar-refractivity contribution in [3.8, 4) is 11.5 Å². The van der Waals surface area contributed by atoms with E-state index in [1.54, 1.807) is 12.1 Å². The summed E-state index contributed by atoms with van der Waals surface area (Å²) in [5.74, 6) is 1.57. The molecule has 4 nitrogen and oxygen atoms in total. The van der Waals surface area contributed by atoms with Crippen LogP contribution in [0.25, 0.3) is 11.5 Å². The summed E-state index contributed by atoms with van der Waals surface area (Å²) in [7, 11) is 0. The van der Waals surface area contributed by atoms with E-state index in [4.69, 9.17) is 16.0 Å². The van der Waals surface area contributed by atoms with Crippen molar-refractivity contribution in [2.75, 3.05) is 5.32 Å². The Labute approximate surface area is 140 Å². The highest BCUT2D eigenvalue weighted by atomic mass is 35.5. The Morgan fingerprint density at radius 2 is 1.70 bits per heavy atom. The molecular formula is C18H18ClN3O. The van der Waals surface area contributed by atoms with Gasteiger partial charge in [-0.2, -0.15) is 0 Å². The first kappa shape index (κ1) is 15.6. The van der Waals surface area contributed by atoms with Crippen molar-refractivity contribution in [2.24, 2.45) is 0 Å². The smallest absolute Gasteiger partial charge is 0.247 e. The second kappa shape index (κ2) is 6.84. The second-order valence-corrected chi connectivity index (χ2v) is 6.07. The largest absolute Gasteiger partial charge is 0.419 e. The van der Waals surface area contributed by atoms with Gasteiger partial charge in [0.15, 0.2) is 0 Å². The maximum Gasteiger partial charge on any atom is 0.247 e. The molecule has 5 heteroatoms. The van der Waals surface area contributed by atoms with E-state index in [1.165, 1.54) is 5.56 Å². The molecule has 0 aliphatic carbocycles. The number of anilines is 1. The summed E-state index contributed by atoms with van der Waals surface area (Å²) >= 11 is 5.88. The fourth-order valence-electron chi connectivity index (χ4n) is 2.20. The second-order valence-electron chi connectivity index (χ2n) is 5.64. The average Bonchev–Trinajstić information content (AvgIpc) is 3.03. The van der Waals surface area contributed by atoms with Gasteiger partial charge in [-0.15, -0.1) is 10.2 Å². The Hall–Kier alpha value is -2.33. The Morgan fingerprint density at radius 1 is 1.00 bits per heavy atom. The van der Waals surface area contributed by atoms with Gasteiger partial charge in [0.05, 0.1) is 6.54 Å². The van der Waals surface area contributed by atoms with Crippen LogP contribution in [0.15, 0.2) is 52.9 Å². The number of halogens is 1. The molecule has 23 heavy (non-hydrogen) atoms. The molecule has 0 radical (unpaired) electrons. The van der Waals surface area contributed by atoms with Gasteiger partial charge >= 0.3 is 0 Å². The maximum absolute atomic E-state index is 5.88. The molecule has 0 spiro atoms. The van der Waals surface area contributed by atoms with Gasteiger partial charge in [0.25, 0.3) is 0 Å². The van der Waals surface area contributed by atoms with Crippen molar-refractivity contribution >= 4 is 17.3 Å². The van der Waals surface area contributed by atoms with Gasteiger partial charge in [-0.05, 0) is 47.9 Å². The third-order valence-electron chi connectivity index (χ3n) is 3.58. The monoisotopic (exact) mass is 327 g/mol. The fraction of sp³-hybridized carbons (Fsp3) is 0.222. The zero-order valence-electron chi connectivity index (χ0n) is 13.1. The lowest BCUT2D eigenvalue weighted by atomic mass is 10.0. The fourth-order valence-corrected chi connectivity index (χ4v) is 2.32. The van der Waals surface area contributed by atoms with Gasteiger partial charge in [-0.3, -0.25) is 0 Å². The third-order valence-corrected chi connectivity index (χ3v) is 3.83. The van der Waals surface area contributed by atoms with Crippen LogP contribution in [-0.2, 0) is 6.54 Å². The quantitative estimate of drug-likeness (QED) is 0.706. The topological polar surface area (TPSA) is 51.0 Å². The predicted octanol–water partition coefficient (Wildman–Crippen LogP) is 5.13. The minimum atomic E-state index is 0.488. The summed E-state index contributed by atoms with van der Waals surface area (Å²) in [5, 5.41) is 12.1. The normalized spacial score (nSPS) is 11.0. The van der Waals surface area contributed by atoms with Gasteiger partial charge in [0.2, 0.25) is 11.8 Å². The highest BCUT2D eigenvalue weighted by Gasteiger charge is 2.08. The molecule has 0 aliphatic heterocycles. The van der Waals surface area contributed by atoms with Crippen molar-refractivity contribution < 1.29 is 4.42 Å². The van der Waals surface area contributed by atoms with Gasteiger partial charge in [-0.25, -0.2) is 0 Å². The number of aromatic nitrogens is 2. The first-order valence-electron chi connectivity index (χ1n) is 7.54. The van der Waals surface area contributed by atoms with Crippen LogP contribution >= 0.6 is 11.6 Å². The van der Waals surface area contributed by atoms with Crippen molar-refractivity contribution in [2.45, 2.75) is 26.3 Å². The van der Waals surface area contributed by atoms with Gasteiger partial charge < -0.3 is 9.73 Å². The number of rotatable bonds is 5. The van der Waals surface area contributed by atoms with E-state index in [0.717, 1.165) is 11.3 Å². The lowest BCUT2D eigenvalue weighted by Gasteiger charge is -2.07. The molecule has 0 bridgehead atoms. The maximum atomic E-state index is 5.88. The van der Waals surface area contributed by atoms with E-state index in [9.17, 15) is 0 Å². The average molecular weight is 328 g/mol. The number of nitrogens with zero attached hydrogens (tertiary/aromatic N) is 2. The molecule has 3 aromatic rings. The van der Waals surface area contributed by atoms with Crippen LogP contribution in [0.1, 0.15) is 31.2 Å². The first-order valence-corrected chi connectivity index (χ1v) is 7.92. The van der Waals surface area contributed by atoms with Crippen molar-refractivity contribution in [1.29, 1.82) is 0 Å². The number of hydrogen-bond donors (Lipinski definition) is 1. The van der Waals surface area contributed by atoms with Crippen LogP contribution in [0.3, 0.4) is 0 Å². The van der Waals surface area contributed by atoms with Crippen LogP contribution in [0.2, 0.25) is 5.02 Å². The summed E-state index contributed by atoms with van der Waals surface area (Å²) in [6.07, 6.45) is 0. The van der Waals surface area contributed by atoms with Gasteiger partial charge in [0.1, 0.15) is 0 Å². The predicted molar refractivity (Wildman–Crippen MR) is 92.6 cm³/mol. The molecule has 1 aromatic heterocycles. The minimum Gasteiger partial charge on any atom is -0.419 e. The van der Waals surface area contributed by atoms with Gasteiger partial charge in [0, 0.05) is 16.3 Å². The lowest BCUT2D eigenvalue weighted by molar-refractivity contribution is 0.515. The van der Waals surface area contributed by atoms with E-state index < -0.39 is 0 Å². The van der Waals surface area contributed by atoms with E-state index in [2.05, 4.69) is 53.6 Å².